The molecule has 0 saturated heterocycles. The van der Waals surface area contributed by atoms with Crippen molar-refractivity contribution in [2.45, 2.75) is 21.6 Å². The lowest BCUT2D eigenvalue weighted by Gasteiger charge is -2.13. The van der Waals surface area contributed by atoms with Gasteiger partial charge in [-0.3, -0.25) is 4.72 Å². The first-order valence-electron chi connectivity index (χ1n) is 8.26. The Kier molecular flexibility index (Phi) is 6.31. The zero-order valence-electron chi connectivity index (χ0n) is 14.6. The third-order valence-corrected chi connectivity index (χ3v) is 6.34. The molecule has 0 fully saturated rings. The molecule has 0 aliphatic carbocycles. The van der Waals surface area contributed by atoms with E-state index in [0.29, 0.717) is 23.1 Å². The molecule has 0 aliphatic heterocycles. The molecule has 1 N–H and O–H groups in total. The summed E-state index contributed by atoms with van der Waals surface area (Å²) in [6.45, 7) is 2.40. The van der Waals surface area contributed by atoms with Gasteiger partial charge in [-0.05, 0) is 67.6 Å². The van der Waals surface area contributed by atoms with E-state index in [9.17, 15) is 8.42 Å². The van der Waals surface area contributed by atoms with Crippen molar-refractivity contribution >= 4 is 39.1 Å². The number of hydrogen-bond donors (Lipinski definition) is 1. The van der Waals surface area contributed by atoms with Crippen molar-refractivity contribution in [2.24, 2.45) is 0 Å². The van der Waals surface area contributed by atoms with Crippen LogP contribution in [-0.4, -0.2) is 15.0 Å². The molecule has 0 aromatic heterocycles. The average molecular weight is 420 g/mol. The third kappa shape index (κ3) is 5.19. The fourth-order valence-corrected chi connectivity index (χ4v) is 4.53. The molecule has 140 valence electrons. The minimum absolute atomic E-state index is 0.178. The number of sulfonamides is 1. The predicted molar refractivity (Wildman–Crippen MR) is 110 cm³/mol. The fourth-order valence-electron chi connectivity index (χ4n) is 2.35. The van der Waals surface area contributed by atoms with Gasteiger partial charge < -0.3 is 4.74 Å². The number of para-hydroxylation sites is 1. The SMILES string of the molecule is CCOc1ccc(S(=O)(=O)Nc2ccccc2Sc2ccc(Cl)cc2)cc1. The second kappa shape index (κ2) is 8.69. The summed E-state index contributed by atoms with van der Waals surface area (Å²) in [4.78, 5) is 1.94. The average Bonchev–Trinajstić information content (AvgIpc) is 2.66. The van der Waals surface area contributed by atoms with Crippen LogP contribution in [0.1, 0.15) is 6.92 Å². The van der Waals surface area contributed by atoms with Gasteiger partial charge in [-0.2, -0.15) is 0 Å². The van der Waals surface area contributed by atoms with E-state index in [0.717, 1.165) is 9.79 Å². The van der Waals surface area contributed by atoms with Gasteiger partial charge in [0.1, 0.15) is 5.75 Å². The van der Waals surface area contributed by atoms with Crippen LogP contribution in [-0.2, 0) is 10.0 Å². The van der Waals surface area contributed by atoms with Crippen molar-refractivity contribution < 1.29 is 13.2 Å². The van der Waals surface area contributed by atoms with Gasteiger partial charge in [0.05, 0.1) is 17.2 Å². The maximum Gasteiger partial charge on any atom is 0.261 e. The van der Waals surface area contributed by atoms with Gasteiger partial charge in [-0.15, -0.1) is 0 Å². The van der Waals surface area contributed by atoms with Crippen LogP contribution in [0.4, 0.5) is 5.69 Å². The first-order chi connectivity index (χ1) is 13.0. The number of benzene rings is 3. The number of rotatable bonds is 7. The predicted octanol–water partition coefficient (Wildman–Crippen LogP) is 5.69. The molecular formula is C20H18ClNO3S2. The molecule has 0 unspecified atom stereocenters. The Labute approximate surface area is 168 Å². The van der Waals surface area contributed by atoms with Crippen LogP contribution in [0.15, 0.2) is 87.5 Å². The zero-order chi connectivity index (χ0) is 19.3. The number of hydrogen-bond acceptors (Lipinski definition) is 4. The summed E-state index contributed by atoms with van der Waals surface area (Å²) in [5.74, 6) is 0.634. The summed E-state index contributed by atoms with van der Waals surface area (Å²) in [5, 5.41) is 0.656. The van der Waals surface area contributed by atoms with Crippen molar-refractivity contribution in [3.05, 3.63) is 77.8 Å². The monoisotopic (exact) mass is 419 g/mol. The molecule has 3 rings (SSSR count). The molecule has 0 amide bonds. The van der Waals surface area contributed by atoms with E-state index in [2.05, 4.69) is 4.72 Å². The maximum absolute atomic E-state index is 12.7. The molecule has 0 radical (unpaired) electrons. The van der Waals surface area contributed by atoms with Gasteiger partial charge in [0.25, 0.3) is 10.0 Å². The molecule has 0 bridgehead atoms. The molecule has 7 heteroatoms. The van der Waals surface area contributed by atoms with E-state index in [4.69, 9.17) is 16.3 Å². The molecule has 0 aliphatic rings. The highest BCUT2D eigenvalue weighted by molar-refractivity contribution is 7.99. The van der Waals surface area contributed by atoms with Crippen molar-refractivity contribution in [1.82, 2.24) is 0 Å². The van der Waals surface area contributed by atoms with E-state index >= 15 is 0 Å². The van der Waals surface area contributed by atoms with Gasteiger partial charge in [-0.25, -0.2) is 8.42 Å². The molecule has 27 heavy (non-hydrogen) atoms. The lowest BCUT2D eigenvalue weighted by atomic mass is 10.3. The molecule has 0 spiro atoms. The lowest BCUT2D eigenvalue weighted by Crippen LogP contribution is -2.13. The minimum Gasteiger partial charge on any atom is -0.494 e. The summed E-state index contributed by atoms with van der Waals surface area (Å²) < 4.78 is 33.5. The largest absolute Gasteiger partial charge is 0.494 e. The number of anilines is 1. The topological polar surface area (TPSA) is 55.4 Å². The smallest absolute Gasteiger partial charge is 0.261 e. The Hall–Kier alpha value is -2.15. The zero-order valence-corrected chi connectivity index (χ0v) is 16.9. The number of ether oxygens (including phenoxy) is 1. The Morgan fingerprint density at radius 3 is 2.30 bits per heavy atom. The van der Waals surface area contributed by atoms with Gasteiger partial charge in [0.15, 0.2) is 0 Å². The van der Waals surface area contributed by atoms with Gasteiger partial charge in [-0.1, -0.05) is 35.5 Å². The fraction of sp³-hybridized carbons (Fsp3) is 0.100. The third-order valence-electron chi connectivity index (χ3n) is 3.62. The van der Waals surface area contributed by atoms with E-state index < -0.39 is 10.0 Å². The molecule has 0 saturated carbocycles. The second-order valence-electron chi connectivity index (χ2n) is 5.56. The quantitative estimate of drug-likeness (QED) is 0.534. The van der Waals surface area contributed by atoms with Gasteiger partial charge >= 0.3 is 0 Å². The van der Waals surface area contributed by atoms with Crippen LogP contribution >= 0.6 is 23.4 Å². The van der Waals surface area contributed by atoms with Gasteiger partial charge in [0, 0.05) is 14.8 Å². The Balaban J connectivity index is 1.83. The first kappa shape index (κ1) is 19.6. The van der Waals surface area contributed by atoms with Crippen LogP contribution in [0, 0.1) is 0 Å². The van der Waals surface area contributed by atoms with Crippen LogP contribution in [0.5, 0.6) is 5.75 Å². The molecule has 4 nitrogen and oxygen atoms in total. The van der Waals surface area contributed by atoms with Crippen LogP contribution in [0.2, 0.25) is 5.02 Å². The molecule has 0 atom stereocenters. The Morgan fingerprint density at radius 1 is 0.963 bits per heavy atom. The Bertz CT molecular complexity index is 1000. The second-order valence-corrected chi connectivity index (χ2v) is 8.80. The van der Waals surface area contributed by atoms with Crippen molar-refractivity contribution in [2.75, 3.05) is 11.3 Å². The highest BCUT2D eigenvalue weighted by atomic mass is 35.5. The van der Waals surface area contributed by atoms with Crippen molar-refractivity contribution in [1.29, 1.82) is 0 Å². The Morgan fingerprint density at radius 2 is 1.63 bits per heavy atom. The summed E-state index contributed by atoms with van der Waals surface area (Å²) in [7, 11) is -3.71. The minimum atomic E-state index is -3.71. The highest BCUT2D eigenvalue weighted by Crippen LogP contribution is 2.35. The van der Waals surface area contributed by atoms with Crippen molar-refractivity contribution in [3.8, 4) is 5.75 Å². The summed E-state index contributed by atoms with van der Waals surface area (Å²) in [5.41, 5.74) is 0.520. The summed E-state index contributed by atoms with van der Waals surface area (Å²) >= 11 is 7.38. The van der Waals surface area contributed by atoms with E-state index in [1.807, 2.05) is 31.2 Å². The molecule has 3 aromatic carbocycles. The van der Waals surface area contributed by atoms with Crippen LogP contribution in [0.25, 0.3) is 0 Å². The van der Waals surface area contributed by atoms with E-state index in [1.54, 1.807) is 36.4 Å². The lowest BCUT2D eigenvalue weighted by molar-refractivity contribution is 0.340. The number of nitrogens with one attached hydrogen (secondary N) is 1. The molecule has 3 aromatic rings. The number of halogens is 1. The molecular weight excluding hydrogens is 402 g/mol. The van der Waals surface area contributed by atoms with E-state index in [1.165, 1.54) is 23.9 Å². The highest BCUT2D eigenvalue weighted by Gasteiger charge is 2.16. The summed E-state index contributed by atoms with van der Waals surface area (Å²) in [6, 6.07) is 21.0. The summed E-state index contributed by atoms with van der Waals surface area (Å²) in [6.07, 6.45) is 0. The molecule has 0 heterocycles. The maximum atomic E-state index is 12.7. The standard InChI is InChI=1S/C20H18ClNO3S2/c1-2-25-16-9-13-18(14-10-16)27(23,24)22-19-5-3-4-6-20(19)26-17-11-7-15(21)8-12-17/h3-14,22H,2H2,1H3. The first-order valence-corrected chi connectivity index (χ1v) is 10.9. The van der Waals surface area contributed by atoms with Crippen LogP contribution < -0.4 is 9.46 Å². The van der Waals surface area contributed by atoms with Crippen molar-refractivity contribution in [3.63, 3.8) is 0 Å². The van der Waals surface area contributed by atoms with E-state index in [-0.39, 0.29) is 4.90 Å². The normalized spacial score (nSPS) is 11.2. The van der Waals surface area contributed by atoms with Crippen LogP contribution in [0.3, 0.4) is 0 Å². The van der Waals surface area contributed by atoms with Gasteiger partial charge in [0.2, 0.25) is 0 Å².